The molecular weight excluding hydrogens is 449 g/mol. The average Bonchev–Trinajstić information content (AvgIpc) is 2.87. The van der Waals surface area contributed by atoms with Crippen LogP contribution in [0.25, 0.3) is 0 Å². The van der Waals surface area contributed by atoms with Crippen molar-refractivity contribution in [2.24, 2.45) is 0 Å². The van der Waals surface area contributed by atoms with E-state index in [0.717, 1.165) is 16.7 Å². The molecule has 35 heavy (non-hydrogen) atoms. The molecule has 0 unspecified atom stereocenters. The highest BCUT2D eigenvalue weighted by Crippen LogP contribution is 2.08. The summed E-state index contributed by atoms with van der Waals surface area (Å²) in [5.74, 6) is 4.38. The molecule has 0 aliphatic carbocycles. The fourth-order valence-corrected chi connectivity index (χ4v) is 3.21. The molecule has 3 rings (SSSR count). The van der Waals surface area contributed by atoms with E-state index in [2.05, 4.69) is 22.5 Å². The van der Waals surface area contributed by atoms with E-state index in [0.29, 0.717) is 18.7 Å². The van der Waals surface area contributed by atoms with Gasteiger partial charge in [0.05, 0.1) is 6.10 Å². The molecule has 8 heteroatoms. The number of hydroxylamine groups is 1. The summed E-state index contributed by atoms with van der Waals surface area (Å²) in [6.07, 6.45) is -1.19. The Balaban J connectivity index is 1.53. The van der Waals surface area contributed by atoms with Crippen molar-refractivity contribution in [3.05, 3.63) is 106 Å². The summed E-state index contributed by atoms with van der Waals surface area (Å²) < 4.78 is 13.0. The van der Waals surface area contributed by atoms with Crippen LogP contribution in [0.15, 0.2) is 72.8 Å². The summed E-state index contributed by atoms with van der Waals surface area (Å²) in [5, 5.41) is 24.1. The summed E-state index contributed by atoms with van der Waals surface area (Å²) in [6.45, 7) is 2.64. The number of carbonyl (C=O) groups excluding carboxylic acids is 2. The number of aliphatic hydroxyl groups excluding tert-OH is 1. The predicted molar refractivity (Wildman–Crippen MR) is 129 cm³/mol. The molecule has 7 nitrogen and oxygen atoms in total. The van der Waals surface area contributed by atoms with E-state index >= 15 is 0 Å². The number of carbonyl (C=O) groups is 2. The zero-order valence-corrected chi connectivity index (χ0v) is 19.1. The number of amides is 2. The number of aliphatic hydroxyl groups is 1. The maximum atomic E-state index is 13.0. The average molecular weight is 476 g/mol. The van der Waals surface area contributed by atoms with Gasteiger partial charge in [0.2, 0.25) is 0 Å². The third-order valence-corrected chi connectivity index (χ3v) is 5.19. The van der Waals surface area contributed by atoms with Crippen LogP contribution in [0.3, 0.4) is 0 Å². The first-order valence-corrected chi connectivity index (χ1v) is 10.9. The Morgan fingerprint density at radius 2 is 1.34 bits per heavy atom. The normalized spacial score (nSPS) is 12.1. The summed E-state index contributed by atoms with van der Waals surface area (Å²) in [6, 6.07) is 19.4. The van der Waals surface area contributed by atoms with E-state index in [9.17, 15) is 19.1 Å². The molecular formula is C27H26FN3O4. The highest BCUT2D eigenvalue weighted by molar-refractivity contribution is 5.97. The maximum absolute atomic E-state index is 13.0. The van der Waals surface area contributed by atoms with Gasteiger partial charge in [0.1, 0.15) is 11.9 Å². The lowest BCUT2D eigenvalue weighted by Gasteiger charge is -2.19. The molecule has 0 fully saturated rings. The van der Waals surface area contributed by atoms with Gasteiger partial charge < -0.3 is 15.7 Å². The number of nitrogens with one attached hydrogen (secondary N) is 3. The second-order valence-electron chi connectivity index (χ2n) is 7.92. The monoisotopic (exact) mass is 475 g/mol. The fourth-order valence-electron chi connectivity index (χ4n) is 3.21. The minimum Gasteiger partial charge on any atom is -0.391 e. The van der Waals surface area contributed by atoms with Gasteiger partial charge in [-0.05, 0) is 66.6 Å². The Kier molecular flexibility index (Phi) is 9.09. The number of halogens is 1. The molecule has 2 amide bonds. The van der Waals surface area contributed by atoms with Crippen molar-refractivity contribution in [1.29, 1.82) is 0 Å². The van der Waals surface area contributed by atoms with Crippen molar-refractivity contribution < 1.29 is 24.3 Å². The quantitative estimate of drug-likeness (QED) is 0.195. The van der Waals surface area contributed by atoms with Gasteiger partial charge in [-0.1, -0.05) is 36.1 Å². The number of hydrogen-bond acceptors (Lipinski definition) is 5. The zero-order valence-electron chi connectivity index (χ0n) is 19.1. The fraction of sp³-hybridized carbons (Fsp3) is 0.185. The second-order valence-corrected chi connectivity index (χ2v) is 7.92. The Labute approximate surface area is 203 Å². The second kappa shape index (κ2) is 12.4. The van der Waals surface area contributed by atoms with Gasteiger partial charge in [-0.2, -0.15) is 0 Å². The summed E-state index contributed by atoms with van der Waals surface area (Å²) >= 11 is 0. The minimum absolute atomic E-state index is 0.248. The van der Waals surface area contributed by atoms with Crippen LogP contribution in [0.2, 0.25) is 0 Å². The lowest BCUT2D eigenvalue weighted by Crippen LogP contribution is -2.51. The van der Waals surface area contributed by atoms with Crippen LogP contribution < -0.4 is 16.1 Å². The first-order valence-electron chi connectivity index (χ1n) is 10.9. The van der Waals surface area contributed by atoms with Crippen LogP contribution in [0.5, 0.6) is 0 Å². The van der Waals surface area contributed by atoms with Crippen LogP contribution in [0.1, 0.15) is 39.5 Å². The zero-order chi connectivity index (χ0) is 25.2. The molecule has 0 radical (unpaired) electrons. The van der Waals surface area contributed by atoms with Crippen LogP contribution in [-0.4, -0.2) is 34.3 Å². The van der Waals surface area contributed by atoms with Crippen molar-refractivity contribution in [3.8, 4) is 11.8 Å². The Bertz CT molecular complexity index is 1200. The highest BCUT2D eigenvalue weighted by Gasteiger charge is 2.25. The molecule has 2 atom stereocenters. The van der Waals surface area contributed by atoms with Crippen LogP contribution in [0.4, 0.5) is 4.39 Å². The van der Waals surface area contributed by atoms with Gasteiger partial charge in [0, 0.05) is 29.8 Å². The predicted octanol–water partition coefficient (Wildman–Crippen LogP) is 2.50. The van der Waals surface area contributed by atoms with Crippen molar-refractivity contribution in [2.75, 3.05) is 0 Å². The molecule has 0 saturated carbocycles. The largest absolute Gasteiger partial charge is 0.391 e. The highest BCUT2D eigenvalue weighted by atomic mass is 19.1. The van der Waals surface area contributed by atoms with E-state index in [1.807, 2.05) is 24.3 Å². The first-order chi connectivity index (χ1) is 16.9. The number of benzene rings is 3. The van der Waals surface area contributed by atoms with Crippen molar-refractivity contribution in [3.63, 3.8) is 0 Å². The molecule has 0 heterocycles. The molecule has 0 spiro atoms. The SMILES string of the molecule is C[C@@H](O)[C@H](NC(=O)c1ccc(C#Cc2ccc(CNCc3ccc(F)cc3)cc2)cc1)C(=O)NO. The van der Waals surface area contributed by atoms with Crippen LogP contribution in [0, 0.1) is 17.7 Å². The minimum atomic E-state index is -1.28. The molecule has 3 aromatic rings. The molecule has 0 saturated heterocycles. The van der Waals surface area contributed by atoms with Crippen molar-refractivity contribution in [2.45, 2.75) is 32.2 Å². The van der Waals surface area contributed by atoms with Crippen molar-refractivity contribution in [1.82, 2.24) is 16.1 Å². The first kappa shape index (κ1) is 25.6. The molecule has 180 valence electrons. The van der Waals surface area contributed by atoms with Crippen LogP contribution in [-0.2, 0) is 17.9 Å². The maximum Gasteiger partial charge on any atom is 0.268 e. The van der Waals surface area contributed by atoms with Gasteiger partial charge in [0.15, 0.2) is 0 Å². The lowest BCUT2D eigenvalue weighted by molar-refractivity contribution is -0.133. The third kappa shape index (κ3) is 7.76. The Morgan fingerprint density at radius 1 is 0.857 bits per heavy atom. The molecule has 5 N–H and O–H groups in total. The van der Waals surface area contributed by atoms with E-state index in [-0.39, 0.29) is 11.4 Å². The molecule has 3 aromatic carbocycles. The van der Waals surface area contributed by atoms with Gasteiger partial charge in [-0.25, -0.2) is 9.87 Å². The summed E-state index contributed by atoms with van der Waals surface area (Å²) in [7, 11) is 0. The Morgan fingerprint density at radius 3 is 1.83 bits per heavy atom. The molecule has 0 aliphatic rings. The third-order valence-electron chi connectivity index (χ3n) is 5.19. The summed E-state index contributed by atoms with van der Waals surface area (Å²) in [5.41, 5.74) is 5.34. The summed E-state index contributed by atoms with van der Waals surface area (Å²) in [4.78, 5) is 23.9. The number of hydrogen-bond donors (Lipinski definition) is 5. The smallest absolute Gasteiger partial charge is 0.268 e. The van der Waals surface area contributed by atoms with Gasteiger partial charge in [-0.3, -0.25) is 14.8 Å². The lowest BCUT2D eigenvalue weighted by atomic mass is 10.1. The van der Waals surface area contributed by atoms with E-state index < -0.39 is 24.0 Å². The van der Waals surface area contributed by atoms with E-state index in [4.69, 9.17) is 5.21 Å². The molecule has 0 aliphatic heterocycles. The number of rotatable bonds is 8. The van der Waals surface area contributed by atoms with Gasteiger partial charge in [0.25, 0.3) is 11.8 Å². The molecule has 0 aromatic heterocycles. The van der Waals surface area contributed by atoms with Crippen molar-refractivity contribution >= 4 is 11.8 Å². The van der Waals surface area contributed by atoms with Crippen LogP contribution >= 0.6 is 0 Å². The standard InChI is InChI=1S/C27H26FN3O4/c1-18(32)25(27(34)31-35)30-26(33)23-12-8-20(9-13-23)3-2-19-4-6-21(7-5-19)16-29-17-22-10-14-24(28)15-11-22/h4-15,18,25,29,32,35H,16-17H2,1H3,(H,30,33)(H,31,34)/t18-,25+/m1/s1. The topological polar surface area (TPSA) is 111 Å². The van der Waals surface area contributed by atoms with Gasteiger partial charge in [-0.15, -0.1) is 0 Å². The Hall–Kier alpha value is -4.03. The van der Waals surface area contributed by atoms with E-state index in [1.165, 1.54) is 24.5 Å². The van der Waals surface area contributed by atoms with E-state index in [1.54, 1.807) is 36.4 Å². The van der Waals surface area contributed by atoms with Gasteiger partial charge >= 0.3 is 0 Å². The molecule has 0 bridgehead atoms.